The molecular formula is C19H41O3Ti. The Kier molecular flexibility index (Phi) is 13.3. The molecule has 2 N–H and O–H groups in total. The van der Waals surface area contributed by atoms with Gasteiger partial charge in [-0.25, -0.2) is 0 Å². The average molecular weight is 365 g/mol. The minimum atomic E-state index is -1.75. The topological polar surface area (TPSA) is 57.5 Å². The normalized spacial score (nSPS) is 12.7. The molecule has 0 amide bonds. The molecule has 0 heterocycles. The van der Waals surface area contributed by atoms with E-state index in [9.17, 15) is 5.11 Å². The maximum absolute atomic E-state index is 11.7. The Labute approximate surface area is 154 Å². The van der Waals surface area contributed by atoms with Crippen LogP contribution in [-0.4, -0.2) is 14.4 Å². The SMILES string of the molecule is CCCCCC(C(C)C)(C(C)C)C(O)(C(C)C)C(C)C.[O]=[Ti][OH]. The standard InChI is InChI=1S/C19H40O.H2O.O.Ti/c1-10-11-12-13-18(14(2)3,15(4)5)19(20,16(6)7)17(8)9;;;/h14-17,20H,10-13H2,1-9H3;1H2;;/q;;;+1/p-1. The molecule has 0 aromatic heterocycles. The second-order valence-corrected chi connectivity index (χ2v) is 8.32. The molecule has 0 spiro atoms. The van der Waals surface area contributed by atoms with E-state index in [4.69, 9.17) is 7.01 Å². The summed E-state index contributed by atoms with van der Waals surface area (Å²) < 4.78 is 15.8. The van der Waals surface area contributed by atoms with Gasteiger partial charge in [-0.3, -0.25) is 0 Å². The Morgan fingerprint density at radius 1 is 0.826 bits per heavy atom. The van der Waals surface area contributed by atoms with Crippen molar-refractivity contribution in [3.63, 3.8) is 0 Å². The summed E-state index contributed by atoms with van der Waals surface area (Å²) in [5, 5.41) is 11.7. The Hall–Kier alpha value is 0.434. The molecule has 0 saturated heterocycles. The van der Waals surface area contributed by atoms with Crippen molar-refractivity contribution in [1.82, 2.24) is 0 Å². The van der Waals surface area contributed by atoms with E-state index in [1.807, 2.05) is 0 Å². The van der Waals surface area contributed by atoms with Gasteiger partial charge >= 0.3 is 26.5 Å². The fraction of sp³-hybridized carbons (Fsp3) is 1.00. The second kappa shape index (κ2) is 11.9. The molecule has 0 aromatic carbocycles. The van der Waals surface area contributed by atoms with Crippen LogP contribution in [0.25, 0.3) is 0 Å². The molecule has 0 unspecified atom stereocenters. The molecule has 139 valence electrons. The van der Waals surface area contributed by atoms with E-state index < -0.39 is 25.1 Å². The summed E-state index contributed by atoms with van der Waals surface area (Å²) >= 11 is -1.75. The monoisotopic (exact) mass is 365 g/mol. The summed E-state index contributed by atoms with van der Waals surface area (Å²) in [6.45, 7) is 20.3. The molecular weight excluding hydrogens is 324 g/mol. The van der Waals surface area contributed by atoms with Gasteiger partial charge in [0.05, 0.1) is 5.60 Å². The Bertz CT molecular complexity index is 296. The summed E-state index contributed by atoms with van der Waals surface area (Å²) in [5.41, 5.74) is -0.590. The molecule has 0 radical (unpaired) electrons. The van der Waals surface area contributed by atoms with Crippen LogP contribution >= 0.6 is 0 Å². The van der Waals surface area contributed by atoms with Gasteiger partial charge in [-0.05, 0) is 30.1 Å². The fourth-order valence-corrected chi connectivity index (χ4v) is 4.78. The molecule has 0 fully saturated rings. The molecule has 0 atom stereocenters. The summed E-state index contributed by atoms with van der Waals surface area (Å²) in [4.78, 5) is 0. The van der Waals surface area contributed by atoms with Crippen molar-refractivity contribution in [2.45, 2.75) is 93.6 Å². The van der Waals surface area contributed by atoms with Gasteiger partial charge in [-0.2, -0.15) is 0 Å². The molecule has 0 bridgehead atoms. The third kappa shape index (κ3) is 6.02. The van der Waals surface area contributed by atoms with E-state index in [1.54, 1.807) is 0 Å². The van der Waals surface area contributed by atoms with Crippen molar-refractivity contribution in [2.75, 3.05) is 0 Å². The predicted molar refractivity (Wildman–Crippen MR) is 93.8 cm³/mol. The zero-order valence-electron chi connectivity index (χ0n) is 16.9. The molecule has 0 aliphatic carbocycles. The Morgan fingerprint density at radius 2 is 1.17 bits per heavy atom. The zero-order chi connectivity index (χ0) is 18.8. The van der Waals surface area contributed by atoms with Crippen LogP contribution in [0, 0.1) is 29.1 Å². The van der Waals surface area contributed by atoms with Gasteiger partial charge in [-0.15, -0.1) is 0 Å². The number of aliphatic hydroxyl groups is 1. The molecule has 0 saturated carbocycles. The van der Waals surface area contributed by atoms with Crippen molar-refractivity contribution in [3.8, 4) is 0 Å². The Morgan fingerprint density at radius 3 is 1.39 bits per heavy atom. The van der Waals surface area contributed by atoms with Crippen LogP contribution in [0.3, 0.4) is 0 Å². The fourth-order valence-electron chi connectivity index (χ4n) is 4.78. The average Bonchev–Trinajstić information content (AvgIpc) is 2.42. The zero-order valence-corrected chi connectivity index (χ0v) is 18.5. The van der Waals surface area contributed by atoms with Crippen LogP contribution in [0.15, 0.2) is 0 Å². The second-order valence-electron chi connectivity index (χ2n) is 8.03. The summed E-state index contributed by atoms with van der Waals surface area (Å²) in [7, 11) is 0. The summed E-state index contributed by atoms with van der Waals surface area (Å²) in [6, 6.07) is 0. The van der Waals surface area contributed by atoms with Crippen molar-refractivity contribution < 1.29 is 31.6 Å². The third-order valence-electron chi connectivity index (χ3n) is 5.76. The van der Waals surface area contributed by atoms with E-state index in [-0.39, 0.29) is 17.3 Å². The van der Waals surface area contributed by atoms with Crippen molar-refractivity contribution in [1.29, 1.82) is 0 Å². The molecule has 0 aliphatic rings. The van der Waals surface area contributed by atoms with Crippen molar-refractivity contribution in [3.05, 3.63) is 0 Å². The van der Waals surface area contributed by atoms with Crippen LogP contribution < -0.4 is 0 Å². The molecule has 0 rings (SSSR count). The predicted octanol–water partition coefficient (Wildman–Crippen LogP) is 5.23. The molecule has 3 nitrogen and oxygen atoms in total. The first-order valence-corrected chi connectivity index (χ1v) is 10.6. The first-order chi connectivity index (χ1) is 10.5. The summed E-state index contributed by atoms with van der Waals surface area (Å²) in [6.07, 6.45) is 4.89. The molecule has 23 heavy (non-hydrogen) atoms. The van der Waals surface area contributed by atoms with Crippen molar-refractivity contribution >= 4 is 0 Å². The van der Waals surface area contributed by atoms with Crippen molar-refractivity contribution in [2.24, 2.45) is 29.1 Å². The van der Waals surface area contributed by atoms with E-state index >= 15 is 0 Å². The third-order valence-corrected chi connectivity index (χ3v) is 5.76. The number of hydrogen-bond donors (Lipinski definition) is 2. The van der Waals surface area contributed by atoms with Gasteiger partial charge in [0.2, 0.25) is 0 Å². The van der Waals surface area contributed by atoms with E-state index in [0.717, 1.165) is 6.42 Å². The molecule has 0 aromatic rings. The first kappa shape index (κ1) is 25.7. The number of hydrogen-bond acceptors (Lipinski definition) is 2. The molecule has 0 aliphatic heterocycles. The van der Waals surface area contributed by atoms with E-state index in [1.165, 1.54) is 19.3 Å². The van der Waals surface area contributed by atoms with Crippen LogP contribution in [-0.2, 0) is 22.8 Å². The van der Waals surface area contributed by atoms with Crippen LogP contribution in [0.1, 0.15) is 88.0 Å². The quantitative estimate of drug-likeness (QED) is 0.434. The van der Waals surface area contributed by atoms with Gasteiger partial charge in [0, 0.05) is 5.41 Å². The number of rotatable bonds is 9. The van der Waals surface area contributed by atoms with Crippen LogP contribution in [0.2, 0.25) is 0 Å². The van der Waals surface area contributed by atoms with E-state index in [2.05, 4.69) is 62.3 Å². The van der Waals surface area contributed by atoms with Gasteiger partial charge < -0.3 is 5.11 Å². The molecule has 4 heteroatoms. The first-order valence-electron chi connectivity index (χ1n) is 9.24. The minimum absolute atomic E-state index is 0.00447. The maximum atomic E-state index is 11.7. The van der Waals surface area contributed by atoms with E-state index in [0.29, 0.717) is 11.8 Å². The van der Waals surface area contributed by atoms with Gasteiger partial charge in [-0.1, -0.05) is 81.6 Å². The van der Waals surface area contributed by atoms with Gasteiger partial charge in [0.15, 0.2) is 0 Å². The van der Waals surface area contributed by atoms with Crippen LogP contribution in [0.5, 0.6) is 0 Å². The van der Waals surface area contributed by atoms with Crippen LogP contribution in [0.4, 0.5) is 0 Å². The van der Waals surface area contributed by atoms with Gasteiger partial charge in [0.25, 0.3) is 0 Å². The Balaban J connectivity index is 0. The van der Waals surface area contributed by atoms with Gasteiger partial charge in [0.1, 0.15) is 0 Å². The number of unbranched alkanes of at least 4 members (excludes halogenated alkanes) is 2. The summed E-state index contributed by atoms with van der Waals surface area (Å²) in [5.74, 6) is 1.56.